The van der Waals surface area contributed by atoms with Crippen LogP contribution in [0.4, 0.5) is 5.69 Å². The molecule has 5 N–H and O–H groups in total. The zero-order valence-electron chi connectivity index (χ0n) is 15.8. The molecule has 0 saturated carbocycles. The topological polar surface area (TPSA) is 135 Å². The van der Waals surface area contributed by atoms with E-state index in [0.717, 1.165) is 0 Å². The molecule has 1 unspecified atom stereocenters. The number of benzene rings is 1. The molecular weight excluding hydrogens is 350 g/mol. The predicted molar refractivity (Wildman–Crippen MR) is 103 cm³/mol. The highest BCUT2D eigenvalue weighted by Crippen LogP contribution is 2.10. The Kier molecular flexibility index (Phi) is 9.35. The van der Waals surface area contributed by atoms with Gasteiger partial charge in [-0.3, -0.25) is 14.4 Å². The lowest BCUT2D eigenvalue weighted by Gasteiger charge is -2.21. The van der Waals surface area contributed by atoms with Crippen LogP contribution in [0.3, 0.4) is 0 Å². The van der Waals surface area contributed by atoms with Gasteiger partial charge >= 0.3 is 5.97 Å². The van der Waals surface area contributed by atoms with Gasteiger partial charge in [0.2, 0.25) is 5.91 Å². The summed E-state index contributed by atoms with van der Waals surface area (Å²) in [5, 5.41) is 11.4. The molecule has 0 radical (unpaired) electrons. The lowest BCUT2D eigenvalue weighted by molar-refractivity contribution is -0.144. The number of nitrogens with zero attached hydrogens (tertiary/aromatic N) is 1. The van der Waals surface area contributed by atoms with Crippen molar-refractivity contribution in [3.63, 3.8) is 0 Å². The highest BCUT2D eigenvalue weighted by molar-refractivity contribution is 5.97. The van der Waals surface area contributed by atoms with E-state index >= 15 is 0 Å². The number of esters is 1. The molecule has 0 aliphatic carbocycles. The van der Waals surface area contributed by atoms with Gasteiger partial charge in [0.25, 0.3) is 5.91 Å². The largest absolute Gasteiger partial charge is 0.466 e. The second-order valence-electron chi connectivity index (χ2n) is 6.11. The average molecular weight is 377 g/mol. The smallest absolute Gasteiger partial charge is 0.307 e. The minimum Gasteiger partial charge on any atom is -0.466 e. The Morgan fingerprint density at radius 1 is 1.30 bits per heavy atom. The minimum absolute atomic E-state index is 0.0426. The molecule has 1 aromatic rings. The molecule has 0 aliphatic heterocycles. The highest BCUT2D eigenvalue weighted by atomic mass is 16.5. The summed E-state index contributed by atoms with van der Waals surface area (Å²) in [6, 6.07) is 6.29. The van der Waals surface area contributed by atoms with Gasteiger partial charge in [0.1, 0.15) is 6.34 Å². The van der Waals surface area contributed by atoms with Gasteiger partial charge in [-0.2, -0.15) is 5.10 Å². The van der Waals surface area contributed by atoms with Crippen molar-refractivity contribution in [2.75, 3.05) is 18.5 Å². The summed E-state index contributed by atoms with van der Waals surface area (Å²) in [7, 11) is 0. The second kappa shape index (κ2) is 11.5. The van der Waals surface area contributed by atoms with Crippen LogP contribution in [-0.4, -0.2) is 43.3 Å². The average Bonchev–Trinajstić information content (AvgIpc) is 2.64. The molecule has 1 atom stereocenters. The zero-order chi connectivity index (χ0) is 20.2. The number of ether oxygens (including phenoxy) is 1. The fourth-order valence-electron chi connectivity index (χ4n) is 2.24. The van der Waals surface area contributed by atoms with E-state index in [9.17, 15) is 14.4 Å². The third kappa shape index (κ3) is 8.21. The number of amides is 2. The number of carbonyl (C=O) groups is 3. The minimum atomic E-state index is -0.398. The normalized spacial score (nSPS) is 11.9. The Bertz CT molecular complexity index is 675. The monoisotopic (exact) mass is 377 g/mol. The van der Waals surface area contributed by atoms with Crippen LogP contribution >= 0.6 is 0 Å². The first-order valence-electron chi connectivity index (χ1n) is 8.68. The van der Waals surface area contributed by atoms with E-state index in [-0.39, 0.29) is 36.8 Å². The Morgan fingerprint density at radius 2 is 2.04 bits per heavy atom. The van der Waals surface area contributed by atoms with Crippen molar-refractivity contribution in [1.29, 1.82) is 0 Å². The molecule has 9 heteroatoms. The molecule has 148 valence electrons. The van der Waals surface area contributed by atoms with Gasteiger partial charge in [-0.1, -0.05) is 19.9 Å². The fourth-order valence-corrected chi connectivity index (χ4v) is 2.24. The molecular formula is C18H27N5O4. The van der Waals surface area contributed by atoms with E-state index in [1.165, 1.54) is 6.34 Å². The molecule has 0 saturated heterocycles. The van der Waals surface area contributed by atoms with Crippen molar-refractivity contribution < 1.29 is 19.1 Å². The second-order valence-corrected chi connectivity index (χ2v) is 6.11. The van der Waals surface area contributed by atoms with Gasteiger partial charge in [0.05, 0.1) is 19.6 Å². The summed E-state index contributed by atoms with van der Waals surface area (Å²) in [6.45, 7) is 5.60. The molecule has 9 nitrogen and oxygen atoms in total. The molecule has 0 aromatic heterocycles. The number of carbonyl (C=O) groups excluding carboxylic acids is 3. The molecule has 0 spiro atoms. The van der Waals surface area contributed by atoms with E-state index < -0.39 is 5.91 Å². The standard InChI is InChI=1S/C18H27N5O4/c1-4-27-17(25)9-15(12(2)3)23-16(24)10-20-18(26)13-6-5-7-14(8-13)21-11-22-19/h5-8,11-12,15H,4,9-10,19H2,1-3H3,(H,20,26)(H,21,22)(H,23,24). The van der Waals surface area contributed by atoms with E-state index in [0.29, 0.717) is 17.9 Å². The molecule has 0 fully saturated rings. The SMILES string of the molecule is CCOC(=O)CC(NC(=O)CNC(=O)c1cccc(NC=NN)c1)C(C)C. The number of hydrazone groups is 1. The van der Waals surface area contributed by atoms with Crippen LogP contribution in [0.15, 0.2) is 29.4 Å². The molecule has 0 aliphatic rings. The third-order valence-corrected chi connectivity index (χ3v) is 3.68. The molecule has 1 aromatic carbocycles. The van der Waals surface area contributed by atoms with Crippen molar-refractivity contribution >= 4 is 29.8 Å². The molecule has 27 heavy (non-hydrogen) atoms. The van der Waals surface area contributed by atoms with E-state index in [1.54, 1.807) is 31.2 Å². The maximum absolute atomic E-state index is 12.2. The van der Waals surface area contributed by atoms with E-state index in [4.69, 9.17) is 10.6 Å². The van der Waals surface area contributed by atoms with Crippen LogP contribution < -0.4 is 21.8 Å². The molecule has 0 bridgehead atoms. The van der Waals surface area contributed by atoms with Crippen molar-refractivity contribution in [2.45, 2.75) is 33.2 Å². The molecule has 0 heterocycles. The fraction of sp³-hybridized carbons (Fsp3) is 0.444. The van der Waals surface area contributed by atoms with Gasteiger partial charge in [-0.15, -0.1) is 0 Å². The summed E-state index contributed by atoms with van der Waals surface area (Å²) >= 11 is 0. The summed E-state index contributed by atoms with van der Waals surface area (Å²) < 4.78 is 4.92. The molecule has 1 rings (SSSR count). The third-order valence-electron chi connectivity index (χ3n) is 3.68. The Morgan fingerprint density at radius 3 is 2.67 bits per heavy atom. The first kappa shape index (κ1) is 21.9. The quantitative estimate of drug-likeness (QED) is 0.157. The first-order chi connectivity index (χ1) is 12.9. The van der Waals surface area contributed by atoms with Crippen LogP contribution in [0, 0.1) is 5.92 Å². The maximum atomic E-state index is 12.2. The lowest BCUT2D eigenvalue weighted by atomic mass is 10.0. The van der Waals surface area contributed by atoms with E-state index in [2.05, 4.69) is 21.1 Å². The highest BCUT2D eigenvalue weighted by Gasteiger charge is 2.20. The van der Waals surface area contributed by atoms with Crippen molar-refractivity contribution in [3.8, 4) is 0 Å². The van der Waals surface area contributed by atoms with Gasteiger partial charge < -0.3 is 26.5 Å². The predicted octanol–water partition coefficient (Wildman–Crippen LogP) is 0.824. The van der Waals surface area contributed by atoms with Crippen LogP contribution in [0.25, 0.3) is 0 Å². The summed E-state index contributed by atoms with van der Waals surface area (Å²) in [4.78, 5) is 36.0. The number of hydrogen-bond donors (Lipinski definition) is 4. The zero-order valence-corrected chi connectivity index (χ0v) is 15.8. The summed E-state index contributed by atoms with van der Waals surface area (Å²) in [5.74, 6) is 3.91. The van der Waals surface area contributed by atoms with Crippen LogP contribution in [0.1, 0.15) is 37.6 Å². The number of nitrogens with two attached hydrogens (primary N) is 1. The maximum Gasteiger partial charge on any atom is 0.307 e. The molecule has 2 amide bonds. The van der Waals surface area contributed by atoms with Crippen LogP contribution in [0.5, 0.6) is 0 Å². The van der Waals surface area contributed by atoms with Gasteiger partial charge in [-0.05, 0) is 31.0 Å². The number of hydrogen-bond acceptors (Lipinski definition) is 6. The van der Waals surface area contributed by atoms with E-state index in [1.807, 2.05) is 13.8 Å². The van der Waals surface area contributed by atoms with Crippen molar-refractivity contribution in [2.24, 2.45) is 16.9 Å². The van der Waals surface area contributed by atoms with Crippen LogP contribution in [0.2, 0.25) is 0 Å². The lowest BCUT2D eigenvalue weighted by Crippen LogP contribution is -2.45. The summed E-state index contributed by atoms with van der Waals surface area (Å²) in [6.07, 6.45) is 1.38. The van der Waals surface area contributed by atoms with Crippen LogP contribution in [-0.2, 0) is 14.3 Å². The number of rotatable bonds is 10. The number of anilines is 1. The Labute approximate surface area is 158 Å². The van der Waals surface area contributed by atoms with Crippen molar-refractivity contribution in [3.05, 3.63) is 29.8 Å². The first-order valence-corrected chi connectivity index (χ1v) is 8.68. The van der Waals surface area contributed by atoms with Crippen molar-refractivity contribution in [1.82, 2.24) is 10.6 Å². The summed E-state index contributed by atoms with van der Waals surface area (Å²) in [5.41, 5.74) is 1.01. The number of nitrogens with one attached hydrogen (secondary N) is 3. The Hall–Kier alpha value is -3.10. The van der Waals surface area contributed by atoms with Gasteiger partial charge in [0.15, 0.2) is 0 Å². The van der Waals surface area contributed by atoms with Gasteiger partial charge in [-0.25, -0.2) is 0 Å². The Balaban J connectivity index is 2.56. The van der Waals surface area contributed by atoms with Gasteiger partial charge in [0, 0.05) is 17.3 Å².